The molecule has 0 aliphatic carbocycles. The molecule has 1 atom stereocenters. The Balaban J connectivity index is 1.62. The second-order valence-electron chi connectivity index (χ2n) is 7.48. The van der Waals surface area contributed by atoms with Gasteiger partial charge in [-0.05, 0) is 29.3 Å². The number of hydrogen-bond donors (Lipinski definition) is 2. The number of halogens is 4. The van der Waals surface area contributed by atoms with E-state index in [-0.39, 0.29) is 23.7 Å². The highest BCUT2D eigenvalue weighted by Crippen LogP contribution is 2.47. The zero-order chi connectivity index (χ0) is 23.6. The first kappa shape index (κ1) is 22.5. The Bertz CT molecular complexity index is 1140. The van der Waals surface area contributed by atoms with Crippen molar-refractivity contribution in [2.75, 3.05) is 13.7 Å². The minimum atomic E-state index is -4.89. The van der Waals surface area contributed by atoms with Crippen molar-refractivity contribution in [3.63, 3.8) is 0 Å². The number of amides is 1. The molecule has 2 aliphatic rings. The van der Waals surface area contributed by atoms with Crippen LogP contribution < -0.4 is 10.7 Å². The lowest BCUT2D eigenvalue weighted by atomic mass is 9.87. The van der Waals surface area contributed by atoms with Crippen LogP contribution in [0.25, 0.3) is 5.70 Å². The van der Waals surface area contributed by atoms with Gasteiger partial charge in [0.05, 0.1) is 11.3 Å². The number of carbonyl (C=O) groups is 1. The average Bonchev–Trinajstić information content (AvgIpc) is 3.13. The van der Waals surface area contributed by atoms with Crippen LogP contribution in [0.2, 0.25) is 0 Å². The van der Waals surface area contributed by atoms with Gasteiger partial charge in [-0.1, -0.05) is 42.5 Å². The summed E-state index contributed by atoms with van der Waals surface area (Å²) in [5, 5.41) is 3.82. The van der Waals surface area contributed by atoms with Gasteiger partial charge in [0.25, 0.3) is 0 Å². The summed E-state index contributed by atoms with van der Waals surface area (Å²) >= 11 is 0. The highest BCUT2D eigenvalue weighted by molar-refractivity contribution is 6.11. The number of hydrogen-bond acceptors (Lipinski definition) is 5. The van der Waals surface area contributed by atoms with Crippen molar-refractivity contribution in [3.8, 4) is 0 Å². The molecule has 0 saturated carbocycles. The van der Waals surface area contributed by atoms with Crippen LogP contribution in [0.5, 0.6) is 0 Å². The highest BCUT2D eigenvalue weighted by atomic mass is 19.4. The minimum absolute atomic E-state index is 0.0360. The predicted octanol–water partition coefficient (Wildman–Crippen LogP) is 3.55. The minimum Gasteiger partial charge on any atom is -0.350 e. The van der Waals surface area contributed by atoms with Crippen LogP contribution in [0.3, 0.4) is 0 Å². The number of aliphatic imine (C=N–C) groups is 1. The number of amidine groups is 1. The van der Waals surface area contributed by atoms with E-state index < -0.39 is 30.1 Å². The van der Waals surface area contributed by atoms with Gasteiger partial charge in [-0.15, -0.1) is 0 Å². The summed E-state index contributed by atoms with van der Waals surface area (Å²) < 4.78 is 62.2. The normalized spacial score (nSPS) is 19.8. The maximum atomic E-state index is 14.5. The number of nitrogens with zero attached hydrogens (tertiary/aromatic N) is 2. The fraction of sp³-hybridized carbons (Fsp3) is 0.217. The maximum absolute atomic E-state index is 14.5. The van der Waals surface area contributed by atoms with Gasteiger partial charge in [0.2, 0.25) is 11.5 Å². The van der Waals surface area contributed by atoms with Gasteiger partial charge in [-0.3, -0.25) is 15.2 Å². The molecule has 2 N–H and O–H groups in total. The Morgan fingerprint density at radius 2 is 1.94 bits per heavy atom. The zero-order valence-electron chi connectivity index (χ0n) is 17.5. The fourth-order valence-corrected chi connectivity index (χ4v) is 3.69. The highest BCUT2D eigenvalue weighted by Gasteiger charge is 2.62. The largest absolute Gasteiger partial charge is 0.425 e. The van der Waals surface area contributed by atoms with Gasteiger partial charge in [-0.25, -0.2) is 9.38 Å². The molecule has 33 heavy (non-hydrogen) atoms. The number of ether oxygens (including phenoxy) is 1. The molecular weight excluding hydrogens is 440 g/mol. The maximum Gasteiger partial charge on any atom is 0.425 e. The third kappa shape index (κ3) is 4.34. The van der Waals surface area contributed by atoms with Crippen LogP contribution in [0.1, 0.15) is 11.1 Å². The number of fused-ring (bicyclic) bond motifs is 1. The van der Waals surface area contributed by atoms with E-state index in [4.69, 9.17) is 4.74 Å². The lowest BCUT2D eigenvalue weighted by Gasteiger charge is -2.36. The number of carbonyl (C=O) groups excluding carboxylic acids is 1. The number of benzene rings is 2. The van der Waals surface area contributed by atoms with Gasteiger partial charge in [0.1, 0.15) is 12.4 Å². The van der Waals surface area contributed by atoms with Gasteiger partial charge >= 0.3 is 6.18 Å². The number of likely N-dealkylation sites (N-methyl/N-ethyl adjacent to an activating group) is 1. The molecule has 2 aliphatic heterocycles. The van der Waals surface area contributed by atoms with E-state index in [9.17, 15) is 22.4 Å². The molecule has 4 rings (SSSR count). The molecule has 2 aromatic rings. The van der Waals surface area contributed by atoms with E-state index >= 15 is 0 Å². The Morgan fingerprint density at radius 1 is 1.18 bits per heavy atom. The first-order chi connectivity index (χ1) is 15.7. The van der Waals surface area contributed by atoms with Crippen molar-refractivity contribution in [1.82, 2.24) is 15.8 Å². The molecule has 1 amide bonds. The van der Waals surface area contributed by atoms with Crippen molar-refractivity contribution < 1.29 is 27.1 Å². The molecule has 0 radical (unpaired) electrons. The molecule has 2 aromatic carbocycles. The summed E-state index contributed by atoms with van der Waals surface area (Å²) in [5.74, 6) is -1.22. The van der Waals surface area contributed by atoms with E-state index in [0.717, 1.165) is 12.3 Å². The average molecular weight is 460 g/mol. The Kier molecular flexibility index (Phi) is 5.94. The smallest absolute Gasteiger partial charge is 0.350 e. The van der Waals surface area contributed by atoms with Crippen molar-refractivity contribution >= 4 is 17.4 Å². The van der Waals surface area contributed by atoms with Crippen molar-refractivity contribution in [1.29, 1.82) is 0 Å². The van der Waals surface area contributed by atoms with E-state index in [1.807, 2.05) is 0 Å². The van der Waals surface area contributed by atoms with Crippen LogP contribution in [0.15, 0.2) is 77.4 Å². The number of alkyl halides is 3. The van der Waals surface area contributed by atoms with Gasteiger partial charge in [0, 0.05) is 19.8 Å². The molecular formula is C23H20F4N4O2. The van der Waals surface area contributed by atoms with E-state index in [2.05, 4.69) is 15.7 Å². The lowest BCUT2D eigenvalue weighted by Crippen LogP contribution is -2.52. The molecule has 10 heteroatoms. The van der Waals surface area contributed by atoms with Crippen molar-refractivity contribution in [2.24, 2.45) is 4.99 Å². The molecule has 2 heterocycles. The summed E-state index contributed by atoms with van der Waals surface area (Å²) in [6, 6.07) is 14.0. The van der Waals surface area contributed by atoms with Crippen molar-refractivity contribution in [2.45, 2.75) is 18.3 Å². The first-order valence-corrected chi connectivity index (χ1v) is 9.99. The number of rotatable bonds is 6. The molecule has 6 nitrogen and oxygen atoms in total. The molecule has 0 aromatic heterocycles. The Hall–Kier alpha value is -3.66. The first-order valence-electron chi connectivity index (χ1n) is 9.99. The Labute approximate surface area is 187 Å². The van der Waals surface area contributed by atoms with Crippen LogP contribution in [0.4, 0.5) is 17.6 Å². The van der Waals surface area contributed by atoms with Crippen LogP contribution in [0, 0.1) is 5.82 Å². The SMILES string of the molecule is CN1NC(c2ccccc2)=C2C1=NC=CC2(OCC(=O)NCc1cccc(F)c1)C(F)(F)F. The van der Waals surface area contributed by atoms with Gasteiger partial charge in [-0.2, -0.15) is 13.2 Å². The molecule has 0 fully saturated rings. The predicted molar refractivity (Wildman–Crippen MR) is 114 cm³/mol. The molecule has 0 saturated heterocycles. The van der Waals surface area contributed by atoms with Crippen molar-refractivity contribution in [3.05, 3.63) is 89.4 Å². The van der Waals surface area contributed by atoms with E-state index in [0.29, 0.717) is 11.1 Å². The topological polar surface area (TPSA) is 66.0 Å². The fourth-order valence-electron chi connectivity index (χ4n) is 3.69. The van der Waals surface area contributed by atoms with Gasteiger partial charge in [0.15, 0.2) is 5.84 Å². The molecule has 0 spiro atoms. The van der Waals surface area contributed by atoms with E-state index in [1.165, 1.54) is 23.2 Å². The standard InChI is InChI=1S/C23H20F4N4O2/c1-31-21-19(20(30-31)16-7-3-2-4-8-16)22(10-11-28-21,23(25,26)27)33-14-18(32)29-13-15-6-5-9-17(24)12-15/h2-12,30H,13-14H2,1H3,(H,29,32). The summed E-state index contributed by atoms with van der Waals surface area (Å²) in [7, 11) is 1.54. The molecule has 172 valence electrons. The quantitative estimate of drug-likeness (QED) is 0.648. The van der Waals surface area contributed by atoms with E-state index in [1.54, 1.807) is 43.4 Å². The summed E-state index contributed by atoms with van der Waals surface area (Å²) in [6.07, 6.45) is -3.08. The van der Waals surface area contributed by atoms with Crippen LogP contribution >= 0.6 is 0 Å². The number of hydrazine groups is 1. The zero-order valence-corrected chi connectivity index (χ0v) is 17.5. The van der Waals surface area contributed by atoms with Crippen LogP contribution in [-0.4, -0.2) is 42.2 Å². The van der Waals surface area contributed by atoms with Crippen LogP contribution in [-0.2, 0) is 16.1 Å². The summed E-state index contributed by atoms with van der Waals surface area (Å²) in [5.41, 5.74) is 0.928. The third-order valence-corrected chi connectivity index (χ3v) is 5.24. The summed E-state index contributed by atoms with van der Waals surface area (Å²) in [4.78, 5) is 16.4. The Morgan fingerprint density at radius 3 is 2.64 bits per heavy atom. The van der Waals surface area contributed by atoms with Gasteiger partial charge < -0.3 is 10.1 Å². The number of nitrogens with one attached hydrogen (secondary N) is 2. The summed E-state index contributed by atoms with van der Waals surface area (Å²) in [6.45, 7) is -0.925. The molecule has 0 bridgehead atoms. The second kappa shape index (κ2) is 8.70. The molecule has 1 unspecified atom stereocenters. The lowest BCUT2D eigenvalue weighted by molar-refractivity contribution is -0.239. The monoisotopic (exact) mass is 460 g/mol. The third-order valence-electron chi connectivity index (χ3n) is 5.24. The second-order valence-corrected chi connectivity index (χ2v) is 7.48.